The van der Waals surface area contributed by atoms with Crippen LogP contribution in [0.5, 0.6) is 11.5 Å². The van der Waals surface area contributed by atoms with Crippen LogP contribution in [0.3, 0.4) is 0 Å². The van der Waals surface area contributed by atoms with Crippen molar-refractivity contribution < 1.29 is 19.1 Å². The molecule has 1 aromatic heterocycles. The number of pyridine rings is 1. The van der Waals surface area contributed by atoms with Crippen molar-refractivity contribution in [2.24, 2.45) is 5.92 Å². The average Bonchev–Trinajstić information content (AvgIpc) is 3.76. The third-order valence-corrected chi connectivity index (χ3v) is 7.10. The van der Waals surface area contributed by atoms with Crippen LogP contribution < -0.4 is 20.1 Å². The number of methoxy groups -OCH3 is 1. The van der Waals surface area contributed by atoms with E-state index < -0.39 is 0 Å². The number of carbonyl (C=O) groups excluding carboxylic acids is 2. The summed E-state index contributed by atoms with van der Waals surface area (Å²) in [7, 11) is 1.61. The number of anilines is 2. The van der Waals surface area contributed by atoms with Gasteiger partial charge in [0.2, 0.25) is 5.91 Å². The highest BCUT2D eigenvalue weighted by molar-refractivity contribution is 6.08. The van der Waals surface area contributed by atoms with Crippen molar-refractivity contribution in [3.63, 3.8) is 0 Å². The van der Waals surface area contributed by atoms with Crippen LogP contribution in [0.1, 0.15) is 49.4 Å². The fourth-order valence-corrected chi connectivity index (χ4v) is 4.72. The van der Waals surface area contributed by atoms with Crippen molar-refractivity contribution in [3.8, 4) is 11.5 Å². The monoisotopic (exact) mass is 502 g/mol. The molecular formula is C29H34N4O4. The number of hydrogen-bond donors (Lipinski definition) is 2. The zero-order valence-electron chi connectivity index (χ0n) is 21.5. The normalized spacial score (nSPS) is 15.9. The van der Waals surface area contributed by atoms with Gasteiger partial charge < -0.3 is 25.0 Å². The van der Waals surface area contributed by atoms with Crippen molar-refractivity contribution in [1.29, 1.82) is 0 Å². The highest BCUT2D eigenvalue weighted by Crippen LogP contribution is 2.38. The number of carbonyl (C=O) groups is 2. The Morgan fingerprint density at radius 3 is 2.49 bits per heavy atom. The predicted molar refractivity (Wildman–Crippen MR) is 144 cm³/mol. The molecule has 2 aliphatic rings. The Hall–Kier alpha value is -3.81. The largest absolute Gasteiger partial charge is 0.493 e. The molecule has 3 aromatic rings. The van der Waals surface area contributed by atoms with Gasteiger partial charge in [0.1, 0.15) is 0 Å². The zero-order valence-corrected chi connectivity index (χ0v) is 21.5. The highest BCUT2D eigenvalue weighted by Gasteiger charge is 2.27. The lowest BCUT2D eigenvalue weighted by atomic mass is 9.97. The summed E-state index contributed by atoms with van der Waals surface area (Å²) in [5.41, 5.74) is 2.76. The molecule has 37 heavy (non-hydrogen) atoms. The molecule has 0 unspecified atom stereocenters. The minimum absolute atomic E-state index is 0.137. The van der Waals surface area contributed by atoms with Crippen LogP contribution in [-0.2, 0) is 4.79 Å². The first-order valence-electron chi connectivity index (χ1n) is 13.1. The van der Waals surface area contributed by atoms with Crippen LogP contribution in [0.2, 0.25) is 0 Å². The van der Waals surface area contributed by atoms with E-state index in [1.54, 1.807) is 13.3 Å². The molecule has 1 aliphatic carbocycles. The third-order valence-electron chi connectivity index (χ3n) is 7.10. The third kappa shape index (κ3) is 5.79. The van der Waals surface area contributed by atoms with Crippen molar-refractivity contribution in [2.45, 2.75) is 45.1 Å². The molecule has 2 heterocycles. The maximum absolute atomic E-state index is 13.1. The molecule has 2 fully saturated rings. The first-order chi connectivity index (χ1) is 18.1. The van der Waals surface area contributed by atoms with Gasteiger partial charge in [0.05, 0.1) is 30.5 Å². The Balaban J connectivity index is 1.43. The number of benzene rings is 2. The lowest BCUT2D eigenvalue weighted by Gasteiger charge is -2.31. The standard InChI is InChI=1S/C29H34N4O4/c1-3-27(34)33-13-11-19(12-14-33)18-37-26-15-22-24(16-25(26)36-2)30-17-23(29(35)32-21-9-10-21)28(22)31-20-7-5-4-6-8-20/h4-8,15-17,19,21H,3,9-14,18H2,1-2H3,(H,30,31)(H,32,35). The Kier molecular flexibility index (Phi) is 7.44. The van der Waals surface area contributed by atoms with E-state index in [0.717, 1.165) is 49.8 Å². The SMILES string of the molecule is CCC(=O)N1CCC(COc2cc3c(Nc4ccccc4)c(C(=O)NC4CC4)cnc3cc2OC)CC1. The van der Waals surface area contributed by atoms with Crippen LogP contribution in [0.4, 0.5) is 11.4 Å². The van der Waals surface area contributed by atoms with Gasteiger partial charge in [-0.3, -0.25) is 14.6 Å². The van der Waals surface area contributed by atoms with Crippen LogP contribution in [0.25, 0.3) is 10.9 Å². The lowest BCUT2D eigenvalue weighted by Crippen LogP contribution is -2.39. The number of rotatable bonds is 9. The summed E-state index contributed by atoms with van der Waals surface area (Å²) in [5.74, 6) is 1.64. The van der Waals surface area contributed by atoms with E-state index in [1.165, 1.54) is 0 Å². The molecule has 0 atom stereocenters. The summed E-state index contributed by atoms with van der Waals surface area (Å²) in [6, 6.07) is 13.8. The van der Waals surface area contributed by atoms with E-state index in [0.29, 0.717) is 47.2 Å². The van der Waals surface area contributed by atoms with Crippen molar-refractivity contribution in [1.82, 2.24) is 15.2 Å². The minimum Gasteiger partial charge on any atom is -0.493 e. The summed E-state index contributed by atoms with van der Waals surface area (Å²) in [5, 5.41) is 7.31. The molecule has 0 bridgehead atoms. The summed E-state index contributed by atoms with van der Waals surface area (Å²) in [6.07, 6.45) is 6.01. The van der Waals surface area contributed by atoms with E-state index in [-0.39, 0.29) is 17.9 Å². The van der Waals surface area contributed by atoms with Crippen LogP contribution in [0.15, 0.2) is 48.7 Å². The first kappa shape index (κ1) is 24.9. The Morgan fingerprint density at radius 1 is 1.05 bits per heavy atom. The molecule has 0 radical (unpaired) electrons. The van der Waals surface area contributed by atoms with Gasteiger partial charge in [0, 0.05) is 48.9 Å². The van der Waals surface area contributed by atoms with E-state index in [9.17, 15) is 9.59 Å². The van der Waals surface area contributed by atoms with E-state index >= 15 is 0 Å². The molecule has 2 amide bonds. The number of fused-ring (bicyclic) bond motifs is 1. The van der Waals surface area contributed by atoms with Gasteiger partial charge in [-0.1, -0.05) is 25.1 Å². The van der Waals surface area contributed by atoms with Gasteiger partial charge in [0.25, 0.3) is 5.91 Å². The Bertz CT molecular complexity index is 1270. The Morgan fingerprint density at radius 2 is 1.81 bits per heavy atom. The van der Waals surface area contributed by atoms with Gasteiger partial charge in [-0.2, -0.15) is 0 Å². The van der Waals surface area contributed by atoms with Crippen LogP contribution in [0, 0.1) is 5.92 Å². The van der Waals surface area contributed by atoms with Gasteiger partial charge in [-0.15, -0.1) is 0 Å². The number of aromatic nitrogens is 1. The fraction of sp³-hybridized carbons (Fsp3) is 0.414. The van der Waals surface area contributed by atoms with Gasteiger partial charge >= 0.3 is 0 Å². The average molecular weight is 503 g/mol. The smallest absolute Gasteiger partial charge is 0.255 e. The summed E-state index contributed by atoms with van der Waals surface area (Å²) in [4.78, 5) is 31.6. The van der Waals surface area contributed by atoms with Crippen molar-refractivity contribution in [3.05, 3.63) is 54.2 Å². The molecule has 2 N–H and O–H groups in total. The second kappa shape index (κ2) is 11.1. The molecule has 5 rings (SSSR count). The Labute approximate surface area is 217 Å². The van der Waals surface area contributed by atoms with E-state index in [4.69, 9.17) is 9.47 Å². The quantitative estimate of drug-likeness (QED) is 0.432. The topological polar surface area (TPSA) is 92.8 Å². The number of piperidine rings is 1. The molecule has 1 saturated carbocycles. The number of nitrogens with one attached hydrogen (secondary N) is 2. The van der Waals surface area contributed by atoms with Gasteiger partial charge in [0.15, 0.2) is 11.5 Å². The first-order valence-corrected chi connectivity index (χ1v) is 13.1. The summed E-state index contributed by atoms with van der Waals surface area (Å²) >= 11 is 0. The molecule has 0 spiro atoms. The summed E-state index contributed by atoms with van der Waals surface area (Å²) in [6.45, 7) is 3.97. The van der Waals surface area contributed by atoms with E-state index in [2.05, 4.69) is 15.6 Å². The summed E-state index contributed by atoms with van der Waals surface area (Å²) < 4.78 is 11.9. The number of para-hydroxylation sites is 1. The highest BCUT2D eigenvalue weighted by atomic mass is 16.5. The zero-order chi connectivity index (χ0) is 25.8. The molecule has 2 aromatic carbocycles. The van der Waals surface area contributed by atoms with Crippen molar-refractivity contribution >= 4 is 34.1 Å². The number of amides is 2. The van der Waals surface area contributed by atoms with Crippen LogP contribution in [-0.4, -0.2) is 54.5 Å². The molecule has 8 heteroatoms. The number of hydrogen-bond acceptors (Lipinski definition) is 6. The minimum atomic E-state index is -0.137. The number of likely N-dealkylation sites (tertiary alicyclic amines) is 1. The molecule has 8 nitrogen and oxygen atoms in total. The maximum Gasteiger partial charge on any atom is 0.255 e. The molecular weight excluding hydrogens is 468 g/mol. The second-order valence-electron chi connectivity index (χ2n) is 9.79. The molecule has 1 saturated heterocycles. The van der Waals surface area contributed by atoms with Gasteiger partial charge in [-0.05, 0) is 49.8 Å². The molecule has 194 valence electrons. The lowest BCUT2D eigenvalue weighted by molar-refractivity contribution is -0.132. The van der Waals surface area contributed by atoms with E-state index in [1.807, 2.05) is 54.3 Å². The maximum atomic E-state index is 13.1. The number of nitrogens with zero attached hydrogens (tertiary/aromatic N) is 2. The van der Waals surface area contributed by atoms with Crippen molar-refractivity contribution in [2.75, 3.05) is 32.1 Å². The van der Waals surface area contributed by atoms with Crippen LogP contribution >= 0.6 is 0 Å². The molecule has 1 aliphatic heterocycles. The second-order valence-corrected chi connectivity index (χ2v) is 9.79. The fourth-order valence-electron chi connectivity index (χ4n) is 4.72. The predicted octanol–water partition coefficient (Wildman–Crippen LogP) is 4.91. The van der Waals surface area contributed by atoms with Gasteiger partial charge in [-0.25, -0.2) is 0 Å². The number of ether oxygens (including phenoxy) is 2.